The summed E-state index contributed by atoms with van der Waals surface area (Å²) in [6.45, 7) is 3.95. The van der Waals surface area contributed by atoms with Gasteiger partial charge in [-0.2, -0.15) is 5.10 Å². The maximum absolute atomic E-state index is 4.29. The summed E-state index contributed by atoms with van der Waals surface area (Å²) in [5, 5.41) is 4.10. The molecule has 0 atom stereocenters. The van der Waals surface area contributed by atoms with Crippen LogP contribution in [0.5, 0.6) is 0 Å². The quantitative estimate of drug-likeness (QED) is 0.655. The van der Waals surface area contributed by atoms with Gasteiger partial charge in [0.15, 0.2) is 0 Å². The summed E-state index contributed by atoms with van der Waals surface area (Å²) in [4.78, 5) is 4.29. The highest BCUT2D eigenvalue weighted by atomic mass is 15.3. The van der Waals surface area contributed by atoms with Crippen molar-refractivity contribution in [1.82, 2.24) is 14.8 Å². The van der Waals surface area contributed by atoms with E-state index in [0.29, 0.717) is 0 Å². The van der Waals surface area contributed by atoms with Crippen molar-refractivity contribution >= 4 is 0 Å². The first kappa shape index (κ1) is 7.98. The smallest absolute Gasteiger partial charge is 0.0681 e. The van der Waals surface area contributed by atoms with Crippen LogP contribution in [0.25, 0.3) is 5.69 Å². The highest BCUT2D eigenvalue weighted by Crippen LogP contribution is 2.08. The van der Waals surface area contributed by atoms with Crippen LogP contribution >= 0.6 is 0 Å². The lowest BCUT2D eigenvalue weighted by molar-refractivity contribution is 0.871. The van der Waals surface area contributed by atoms with Crippen LogP contribution in [-0.4, -0.2) is 14.8 Å². The maximum atomic E-state index is 4.29. The lowest BCUT2D eigenvalue weighted by Crippen LogP contribution is -1.97. The van der Waals surface area contributed by atoms with Gasteiger partial charge in [-0.05, 0) is 26.0 Å². The molecule has 0 saturated heterocycles. The summed E-state index contributed by atoms with van der Waals surface area (Å²) in [5.41, 5.74) is 3.04. The number of hydrogen-bond donors (Lipinski definition) is 0. The first-order valence-electron chi connectivity index (χ1n) is 4.12. The summed E-state index contributed by atoms with van der Waals surface area (Å²) in [5.74, 6) is 0. The van der Waals surface area contributed by atoms with Crippen LogP contribution in [0.3, 0.4) is 0 Å². The van der Waals surface area contributed by atoms with E-state index in [1.54, 1.807) is 17.1 Å². The predicted octanol–water partition coefficient (Wildman–Crippen LogP) is 1.68. The van der Waals surface area contributed by atoms with Gasteiger partial charge in [0.1, 0.15) is 0 Å². The Morgan fingerprint density at radius 2 is 1.92 bits per heavy atom. The van der Waals surface area contributed by atoms with Gasteiger partial charge in [0, 0.05) is 23.7 Å². The number of hydrogen-bond acceptors (Lipinski definition) is 2. The molecule has 2 heterocycles. The highest BCUT2D eigenvalue weighted by Gasteiger charge is 1.98. The predicted molar refractivity (Wildman–Crippen MR) is 49.7 cm³/mol. The summed E-state index contributed by atoms with van der Waals surface area (Å²) in [7, 11) is 0. The average molecular weight is 172 g/mol. The summed E-state index contributed by atoms with van der Waals surface area (Å²) in [6.07, 6.45) is 3.44. The van der Waals surface area contributed by atoms with Crippen LogP contribution in [-0.2, 0) is 0 Å². The molecule has 2 rings (SSSR count). The molecule has 0 fully saturated rings. The molecule has 0 spiro atoms. The van der Waals surface area contributed by atoms with Crippen LogP contribution in [0, 0.1) is 19.9 Å². The van der Waals surface area contributed by atoms with Crippen molar-refractivity contribution in [2.45, 2.75) is 13.8 Å². The molecule has 0 aliphatic rings. The molecule has 0 aromatic carbocycles. The van der Waals surface area contributed by atoms with Gasteiger partial charge >= 0.3 is 0 Å². The monoisotopic (exact) mass is 172 g/mol. The van der Waals surface area contributed by atoms with E-state index in [1.807, 2.05) is 26.0 Å². The number of aromatic nitrogens is 3. The zero-order valence-electron chi connectivity index (χ0n) is 7.65. The molecule has 2 aromatic rings. The minimum atomic E-state index is 1.01. The first-order valence-corrected chi connectivity index (χ1v) is 4.12. The van der Waals surface area contributed by atoms with E-state index in [2.05, 4.69) is 16.1 Å². The van der Waals surface area contributed by atoms with Gasteiger partial charge in [0.05, 0.1) is 11.9 Å². The molecule has 2 aromatic heterocycles. The molecule has 0 bridgehead atoms. The molecule has 1 radical (unpaired) electrons. The Balaban J connectivity index is 2.53. The molecule has 0 N–H and O–H groups in total. The van der Waals surface area contributed by atoms with E-state index < -0.39 is 0 Å². The minimum Gasteiger partial charge on any atom is -0.258 e. The second-order valence-corrected chi connectivity index (χ2v) is 2.99. The lowest BCUT2D eigenvalue weighted by atomic mass is 10.3. The summed E-state index contributed by atoms with van der Waals surface area (Å²) < 4.78 is 1.78. The van der Waals surface area contributed by atoms with Crippen molar-refractivity contribution < 1.29 is 0 Å². The Hall–Kier alpha value is -1.64. The van der Waals surface area contributed by atoms with Crippen LogP contribution in [0.2, 0.25) is 0 Å². The molecule has 65 valence electrons. The van der Waals surface area contributed by atoms with E-state index >= 15 is 0 Å². The number of rotatable bonds is 1. The van der Waals surface area contributed by atoms with Crippen molar-refractivity contribution in [2.24, 2.45) is 0 Å². The second-order valence-electron chi connectivity index (χ2n) is 2.99. The lowest BCUT2D eigenvalue weighted by Gasteiger charge is -2.03. The summed E-state index contributed by atoms with van der Waals surface area (Å²) in [6, 6.07) is 6.89. The van der Waals surface area contributed by atoms with Crippen molar-refractivity contribution in [3.8, 4) is 5.69 Å². The second kappa shape index (κ2) is 3.01. The van der Waals surface area contributed by atoms with Gasteiger partial charge < -0.3 is 0 Å². The van der Waals surface area contributed by atoms with E-state index in [9.17, 15) is 0 Å². The number of nitrogens with zero attached hydrogens (tertiary/aromatic N) is 3. The third kappa shape index (κ3) is 1.59. The molecule has 0 aliphatic heterocycles. The van der Waals surface area contributed by atoms with E-state index in [1.165, 1.54) is 0 Å². The Kier molecular flexibility index (Phi) is 1.85. The Labute approximate surface area is 77.0 Å². The zero-order chi connectivity index (χ0) is 9.26. The molecule has 3 heteroatoms. The number of aryl methyl sites for hydroxylation is 2. The van der Waals surface area contributed by atoms with Crippen LogP contribution in [0.15, 0.2) is 24.5 Å². The van der Waals surface area contributed by atoms with Crippen molar-refractivity contribution in [3.63, 3.8) is 0 Å². The third-order valence-corrected chi connectivity index (χ3v) is 1.78. The molecule has 0 amide bonds. The largest absolute Gasteiger partial charge is 0.258 e. The zero-order valence-corrected chi connectivity index (χ0v) is 7.65. The van der Waals surface area contributed by atoms with Gasteiger partial charge in [-0.25, -0.2) is 4.68 Å². The third-order valence-electron chi connectivity index (χ3n) is 1.78. The van der Waals surface area contributed by atoms with Crippen molar-refractivity contribution in [3.05, 3.63) is 42.0 Å². The van der Waals surface area contributed by atoms with E-state index in [4.69, 9.17) is 0 Å². The molecule has 0 saturated carbocycles. The fourth-order valence-electron chi connectivity index (χ4n) is 1.32. The SMILES string of the molecule is Cc1cc(-n2c[c]cn2)cc(C)n1. The first-order chi connectivity index (χ1) is 6.25. The minimum absolute atomic E-state index is 1.01. The van der Waals surface area contributed by atoms with Crippen LogP contribution in [0.4, 0.5) is 0 Å². The normalized spacial score (nSPS) is 10.3. The van der Waals surface area contributed by atoms with Crippen LogP contribution in [0.1, 0.15) is 11.4 Å². The van der Waals surface area contributed by atoms with Crippen molar-refractivity contribution in [1.29, 1.82) is 0 Å². The molecule has 3 nitrogen and oxygen atoms in total. The van der Waals surface area contributed by atoms with Gasteiger partial charge in [-0.15, -0.1) is 0 Å². The molecule has 0 aliphatic carbocycles. The van der Waals surface area contributed by atoms with Gasteiger partial charge in [0.2, 0.25) is 0 Å². The van der Waals surface area contributed by atoms with Gasteiger partial charge in [-0.3, -0.25) is 4.98 Å². The Morgan fingerprint density at radius 3 is 2.46 bits per heavy atom. The fourth-order valence-corrected chi connectivity index (χ4v) is 1.32. The standard InChI is InChI=1S/C10H10N3/c1-8-6-10(7-9(2)12-8)13-5-3-4-11-13/h4-7H,1-2H3. The van der Waals surface area contributed by atoms with E-state index in [0.717, 1.165) is 17.1 Å². The number of pyridine rings is 1. The van der Waals surface area contributed by atoms with E-state index in [-0.39, 0.29) is 0 Å². The fraction of sp³-hybridized carbons (Fsp3) is 0.200. The average Bonchev–Trinajstić information content (AvgIpc) is 2.53. The molecule has 0 unspecified atom stereocenters. The van der Waals surface area contributed by atoms with Crippen molar-refractivity contribution in [2.75, 3.05) is 0 Å². The molecular formula is C10H10N3. The Bertz CT molecular complexity index is 384. The topological polar surface area (TPSA) is 30.7 Å². The highest BCUT2D eigenvalue weighted by molar-refractivity contribution is 5.33. The van der Waals surface area contributed by atoms with Gasteiger partial charge in [-0.1, -0.05) is 0 Å². The maximum Gasteiger partial charge on any atom is 0.0681 e. The van der Waals surface area contributed by atoms with Crippen LogP contribution < -0.4 is 0 Å². The summed E-state index contributed by atoms with van der Waals surface area (Å²) >= 11 is 0. The molecule has 13 heavy (non-hydrogen) atoms. The van der Waals surface area contributed by atoms with Gasteiger partial charge in [0.25, 0.3) is 0 Å². The Morgan fingerprint density at radius 1 is 1.23 bits per heavy atom. The molecular weight excluding hydrogens is 162 g/mol.